The SMILES string of the molecule is Cc1ncc(Cl)cc1-c1nc(-c2noc(=O)[nH]2)nc2nc(N3CCO[C@H]4CCC[C@@H]43)n(C[C@H]3CC[C@H](C)CC3)c12. The predicted octanol–water partition coefficient (Wildman–Crippen LogP) is 4.78. The number of halogens is 1. The van der Waals surface area contributed by atoms with Gasteiger partial charge < -0.3 is 14.2 Å². The Kier molecular flexibility index (Phi) is 6.58. The minimum Gasteiger partial charge on any atom is -0.374 e. The number of pyridine rings is 1. The molecule has 5 heterocycles. The van der Waals surface area contributed by atoms with Gasteiger partial charge in [-0.05, 0) is 56.9 Å². The van der Waals surface area contributed by atoms with E-state index in [2.05, 4.69) is 31.5 Å². The molecule has 40 heavy (non-hydrogen) atoms. The minimum absolute atomic E-state index is 0.153. The van der Waals surface area contributed by atoms with Crippen LogP contribution in [0.5, 0.6) is 0 Å². The first-order chi connectivity index (χ1) is 19.4. The zero-order chi connectivity index (χ0) is 27.4. The summed E-state index contributed by atoms with van der Waals surface area (Å²) >= 11 is 6.45. The molecule has 2 saturated carbocycles. The summed E-state index contributed by atoms with van der Waals surface area (Å²) in [7, 11) is 0. The Hall–Kier alpha value is -3.31. The van der Waals surface area contributed by atoms with Crippen LogP contribution in [-0.4, -0.2) is 59.9 Å². The molecule has 4 aromatic heterocycles. The highest BCUT2D eigenvalue weighted by molar-refractivity contribution is 6.30. The largest absolute Gasteiger partial charge is 0.439 e. The van der Waals surface area contributed by atoms with Crippen molar-refractivity contribution in [3.05, 3.63) is 33.5 Å². The van der Waals surface area contributed by atoms with Crippen LogP contribution in [0.15, 0.2) is 21.6 Å². The van der Waals surface area contributed by atoms with Gasteiger partial charge in [-0.15, -0.1) is 0 Å². The fourth-order valence-electron chi connectivity index (χ4n) is 6.73. The molecule has 0 unspecified atom stereocenters. The van der Waals surface area contributed by atoms with Crippen molar-refractivity contribution in [3.8, 4) is 22.9 Å². The van der Waals surface area contributed by atoms with E-state index in [-0.39, 0.29) is 23.8 Å². The van der Waals surface area contributed by atoms with Gasteiger partial charge in [-0.3, -0.25) is 14.5 Å². The average molecular weight is 565 g/mol. The van der Waals surface area contributed by atoms with Gasteiger partial charge in [-0.25, -0.2) is 14.8 Å². The lowest BCUT2D eigenvalue weighted by Gasteiger charge is -2.39. The average Bonchev–Trinajstić information content (AvgIpc) is 3.69. The number of aryl methyl sites for hydroxylation is 1. The quantitative estimate of drug-likeness (QED) is 0.364. The summed E-state index contributed by atoms with van der Waals surface area (Å²) in [5.41, 5.74) is 3.63. The lowest BCUT2D eigenvalue weighted by molar-refractivity contribution is 0.0247. The number of fused-ring (bicyclic) bond motifs is 2. The second kappa shape index (κ2) is 10.3. The van der Waals surface area contributed by atoms with E-state index in [0.717, 1.165) is 61.0 Å². The molecule has 0 spiro atoms. The summed E-state index contributed by atoms with van der Waals surface area (Å²) < 4.78 is 13.3. The first-order valence-corrected chi connectivity index (χ1v) is 14.7. The molecule has 210 valence electrons. The maximum atomic E-state index is 11.8. The van der Waals surface area contributed by atoms with E-state index in [1.807, 2.05) is 13.0 Å². The molecular formula is C28H33ClN8O3. The number of ether oxygens (including phenoxy) is 1. The lowest BCUT2D eigenvalue weighted by atomic mass is 9.83. The van der Waals surface area contributed by atoms with Gasteiger partial charge in [-0.1, -0.05) is 36.5 Å². The number of aromatic amines is 1. The minimum atomic E-state index is -0.667. The third-order valence-electron chi connectivity index (χ3n) is 8.86. The van der Waals surface area contributed by atoms with Crippen LogP contribution in [-0.2, 0) is 11.3 Å². The maximum Gasteiger partial charge on any atom is 0.439 e. The number of anilines is 1. The van der Waals surface area contributed by atoms with Gasteiger partial charge >= 0.3 is 5.76 Å². The summed E-state index contributed by atoms with van der Waals surface area (Å²) in [4.78, 5) is 36.3. The van der Waals surface area contributed by atoms with Gasteiger partial charge in [0.15, 0.2) is 5.65 Å². The fraction of sp³-hybridized carbons (Fsp3) is 0.571. The molecule has 11 nitrogen and oxygen atoms in total. The number of hydrogen-bond acceptors (Lipinski definition) is 9. The smallest absolute Gasteiger partial charge is 0.374 e. The Morgan fingerprint density at radius 3 is 2.77 bits per heavy atom. The summed E-state index contributed by atoms with van der Waals surface area (Å²) in [5, 5.41) is 4.37. The van der Waals surface area contributed by atoms with Crippen LogP contribution in [0.4, 0.5) is 5.95 Å². The van der Waals surface area contributed by atoms with E-state index in [0.29, 0.717) is 28.9 Å². The molecule has 2 aliphatic carbocycles. The summed E-state index contributed by atoms with van der Waals surface area (Å²) in [6.45, 7) is 6.56. The molecule has 0 radical (unpaired) electrons. The number of morpholine rings is 1. The van der Waals surface area contributed by atoms with Gasteiger partial charge in [0.25, 0.3) is 0 Å². The van der Waals surface area contributed by atoms with Crippen LogP contribution in [0.2, 0.25) is 5.02 Å². The van der Waals surface area contributed by atoms with E-state index >= 15 is 0 Å². The number of nitrogens with one attached hydrogen (secondary N) is 1. The highest BCUT2D eigenvalue weighted by atomic mass is 35.5. The zero-order valence-corrected chi connectivity index (χ0v) is 23.5. The monoisotopic (exact) mass is 564 g/mol. The summed E-state index contributed by atoms with van der Waals surface area (Å²) in [6.07, 6.45) is 9.99. The number of H-pyrrole nitrogens is 1. The molecule has 1 N–H and O–H groups in total. The predicted molar refractivity (Wildman–Crippen MR) is 150 cm³/mol. The summed E-state index contributed by atoms with van der Waals surface area (Å²) in [6, 6.07) is 2.16. The Balaban J connectivity index is 1.46. The Bertz CT molecular complexity index is 1600. The van der Waals surface area contributed by atoms with Gasteiger partial charge in [0.05, 0.1) is 23.8 Å². The highest BCUT2D eigenvalue weighted by Gasteiger charge is 2.39. The third kappa shape index (κ3) is 4.58. The van der Waals surface area contributed by atoms with Crippen molar-refractivity contribution in [2.45, 2.75) is 77.5 Å². The maximum absolute atomic E-state index is 11.8. The molecule has 1 aliphatic heterocycles. The molecule has 4 aromatic rings. The van der Waals surface area contributed by atoms with Crippen LogP contribution in [0.3, 0.4) is 0 Å². The van der Waals surface area contributed by atoms with Crippen molar-refractivity contribution in [3.63, 3.8) is 0 Å². The normalized spacial score (nSPS) is 25.0. The topological polar surface area (TPSA) is 128 Å². The molecule has 1 saturated heterocycles. The van der Waals surface area contributed by atoms with Crippen LogP contribution >= 0.6 is 11.6 Å². The second-order valence-corrected chi connectivity index (χ2v) is 12.0. The molecule has 12 heteroatoms. The number of aromatic nitrogens is 7. The van der Waals surface area contributed by atoms with Crippen LogP contribution < -0.4 is 10.7 Å². The Morgan fingerprint density at radius 2 is 1.98 bits per heavy atom. The molecule has 0 aromatic carbocycles. The van der Waals surface area contributed by atoms with Gasteiger partial charge in [0, 0.05) is 30.5 Å². The van der Waals surface area contributed by atoms with E-state index in [9.17, 15) is 4.79 Å². The molecular weight excluding hydrogens is 532 g/mol. The second-order valence-electron chi connectivity index (χ2n) is 11.5. The molecule has 3 fully saturated rings. The van der Waals surface area contributed by atoms with Gasteiger partial charge in [0.1, 0.15) is 11.2 Å². The van der Waals surface area contributed by atoms with Crippen molar-refractivity contribution in [1.29, 1.82) is 0 Å². The number of nitrogens with zero attached hydrogens (tertiary/aromatic N) is 7. The first-order valence-electron chi connectivity index (χ1n) is 14.3. The molecule has 0 amide bonds. The molecule has 2 atom stereocenters. The molecule has 7 rings (SSSR count). The highest BCUT2D eigenvalue weighted by Crippen LogP contribution is 2.39. The number of imidazole rings is 1. The van der Waals surface area contributed by atoms with Crippen molar-refractivity contribution >= 4 is 28.7 Å². The Morgan fingerprint density at radius 1 is 1.12 bits per heavy atom. The van der Waals surface area contributed by atoms with Crippen molar-refractivity contribution < 1.29 is 9.26 Å². The van der Waals surface area contributed by atoms with E-state index in [1.54, 1.807) is 6.20 Å². The molecule has 0 bridgehead atoms. The van der Waals surface area contributed by atoms with Crippen molar-refractivity contribution in [1.82, 2.24) is 34.6 Å². The number of hydrogen-bond donors (Lipinski definition) is 1. The van der Waals surface area contributed by atoms with Crippen LogP contribution in [0.25, 0.3) is 34.1 Å². The van der Waals surface area contributed by atoms with Crippen molar-refractivity contribution in [2.24, 2.45) is 11.8 Å². The third-order valence-corrected chi connectivity index (χ3v) is 9.07. The molecule has 3 aliphatic rings. The van der Waals surface area contributed by atoms with Crippen LogP contribution in [0.1, 0.15) is 57.6 Å². The Labute approximate surface area is 236 Å². The zero-order valence-electron chi connectivity index (χ0n) is 22.8. The summed E-state index contributed by atoms with van der Waals surface area (Å²) in [5.74, 6) is 1.92. The van der Waals surface area contributed by atoms with Gasteiger partial charge in [0.2, 0.25) is 17.6 Å². The lowest BCUT2D eigenvalue weighted by Crippen LogP contribution is -2.49. The first kappa shape index (κ1) is 25.6. The van der Waals surface area contributed by atoms with E-state index in [4.69, 9.17) is 35.8 Å². The fourth-order valence-corrected chi connectivity index (χ4v) is 6.89. The standard InChI is InChI=1S/C28H33ClN8O3/c1-15-6-8-17(9-7-15)14-37-23-22(19-12-18(29)13-30-16(19)2)31-25(26-34-28(38)40-35-26)32-24(23)33-27(37)36-10-11-39-21-5-3-4-20(21)36/h12-13,15,17,20-21H,3-11,14H2,1-2H3,(H,34,35,38)/t15-,17-,20-,21-/m0/s1. The van der Waals surface area contributed by atoms with Crippen LogP contribution in [0, 0.1) is 18.8 Å². The van der Waals surface area contributed by atoms with Crippen molar-refractivity contribution in [2.75, 3.05) is 18.1 Å². The van der Waals surface area contributed by atoms with E-state index < -0.39 is 5.76 Å². The van der Waals surface area contributed by atoms with Gasteiger partial charge in [-0.2, -0.15) is 4.98 Å². The van der Waals surface area contributed by atoms with E-state index in [1.165, 1.54) is 25.7 Å². The number of rotatable bonds is 5.